The minimum Gasteiger partial charge on any atom is -0.343 e. The zero-order valence-corrected chi connectivity index (χ0v) is 16.4. The van der Waals surface area contributed by atoms with E-state index in [0.29, 0.717) is 0 Å². The van der Waals surface area contributed by atoms with Crippen molar-refractivity contribution >= 4 is 30.7 Å². The maximum Gasteiger partial charge on any atom is 0.244 e. The molecule has 0 radical (unpaired) electrons. The Bertz CT molecular complexity index is 467. The largest absolute Gasteiger partial charge is 0.343 e. The van der Waals surface area contributed by atoms with Crippen LogP contribution in [0.15, 0.2) is 30.3 Å². The van der Waals surface area contributed by atoms with Gasteiger partial charge in [0, 0.05) is 46.3 Å². The molecule has 1 aromatic rings. The van der Waals surface area contributed by atoms with Gasteiger partial charge in [0.25, 0.3) is 0 Å². The zero-order chi connectivity index (χ0) is 15.9. The van der Waals surface area contributed by atoms with Crippen molar-refractivity contribution in [3.63, 3.8) is 0 Å². The molecule has 0 aromatic heterocycles. The highest BCUT2D eigenvalue weighted by Crippen LogP contribution is 2.24. The summed E-state index contributed by atoms with van der Waals surface area (Å²) in [5, 5.41) is 3.10. The van der Waals surface area contributed by atoms with Crippen molar-refractivity contribution in [3.8, 4) is 0 Å². The van der Waals surface area contributed by atoms with Gasteiger partial charge in [-0.15, -0.1) is 24.8 Å². The van der Waals surface area contributed by atoms with Crippen LogP contribution in [-0.4, -0.2) is 81.0 Å². The third-order valence-electron chi connectivity index (χ3n) is 4.33. The first kappa shape index (κ1) is 23.1. The minimum atomic E-state index is -0.170. The summed E-state index contributed by atoms with van der Waals surface area (Å²) in [4.78, 5) is 19.4. The number of halogens is 2. The maximum atomic E-state index is 13.0. The summed E-state index contributed by atoms with van der Waals surface area (Å²) < 4.78 is 0. The summed E-state index contributed by atoms with van der Waals surface area (Å²) in [6.07, 6.45) is 0. The van der Waals surface area contributed by atoms with E-state index in [1.54, 1.807) is 0 Å². The Hall–Kier alpha value is -0.850. The van der Waals surface area contributed by atoms with E-state index >= 15 is 0 Å². The minimum absolute atomic E-state index is 0. The lowest BCUT2D eigenvalue weighted by molar-refractivity contribution is -0.136. The van der Waals surface area contributed by atoms with Crippen LogP contribution >= 0.6 is 24.8 Å². The van der Waals surface area contributed by atoms with Crippen molar-refractivity contribution in [1.82, 2.24) is 20.0 Å². The Morgan fingerprint density at radius 2 is 1.75 bits per heavy atom. The molecule has 138 valence electrons. The van der Waals surface area contributed by atoms with Crippen LogP contribution in [0.25, 0.3) is 0 Å². The molecule has 1 atom stereocenters. The first-order valence-corrected chi connectivity index (χ1v) is 8.00. The summed E-state index contributed by atoms with van der Waals surface area (Å²) in [6, 6.07) is 9.98. The summed E-state index contributed by atoms with van der Waals surface area (Å²) >= 11 is 0. The highest BCUT2D eigenvalue weighted by atomic mass is 35.5. The molecule has 0 saturated carbocycles. The number of carbonyl (C=O) groups excluding carboxylic acids is 1. The Balaban J connectivity index is 0.00000264. The van der Waals surface area contributed by atoms with Gasteiger partial charge in [-0.25, -0.2) is 0 Å². The van der Waals surface area contributed by atoms with Gasteiger partial charge in [0.1, 0.15) is 6.04 Å². The van der Waals surface area contributed by atoms with Crippen LogP contribution in [0.3, 0.4) is 0 Å². The normalized spacial score (nSPS) is 16.6. The average molecular weight is 377 g/mol. The summed E-state index contributed by atoms with van der Waals surface area (Å²) in [5.74, 6) is 0.186. The van der Waals surface area contributed by atoms with Gasteiger partial charge in [-0.2, -0.15) is 0 Å². The van der Waals surface area contributed by atoms with Crippen LogP contribution in [0, 0.1) is 0 Å². The predicted molar refractivity (Wildman–Crippen MR) is 104 cm³/mol. The Kier molecular flexibility index (Phi) is 11.2. The van der Waals surface area contributed by atoms with E-state index in [1.165, 1.54) is 0 Å². The van der Waals surface area contributed by atoms with Gasteiger partial charge in [-0.3, -0.25) is 9.69 Å². The first-order valence-electron chi connectivity index (χ1n) is 8.00. The molecule has 1 amide bonds. The molecule has 0 spiro atoms. The summed E-state index contributed by atoms with van der Waals surface area (Å²) in [7, 11) is 5.94. The van der Waals surface area contributed by atoms with Crippen LogP contribution < -0.4 is 5.32 Å². The fourth-order valence-electron chi connectivity index (χ4n) is 2.82. The number of amides is 1. The van der Waals surface area contributed by atoms with Crippen molar-refractivity contribution in [2.45, 2.75) is 6.04 Å². The van der Waals surface area contributed by atoms with Gasteiger partial charge in [0.15, 0.2) is 0 Å². The lowest BCUT2D eigenvalue weighted by Crippen LogP contribution is -2.50. The van der Waals surface area contributed by atoms with Crippen molar-refractivity contribution in [3.05, 3.63) is 35.9 Å². The molecule has 1 aromatic carbocycles. The van der Waals surface area contributed by atoms with Gasteiger partial charge in [-0.05, 0) is 19.7 Å². The van der Waals surface area contributed by atoms with E-state index in [4.69, 9.17) is 0 Å². The molecule has 2 rings (SSSR count). The van der Waals surface area contributed by atoms with Crippen LogP contribution in [0.1, 0.15) is 11.6 Å². The Morgan fingerprint density at radius 3 is 2.29 bits per heavy atom. The first-order chi connectivity index (χ1) is 10.6. The van der Waals surface area contributed by atoms with Crippen molar-refractivity contribution < 1.29 is 4.79 Å². The molecule has 0 aliphatic carbocycles. The van der Waals surface area contributed by atoms with Crippen LogP contribution in [0.2, 0.25) is 0 Å². The molecule has 24 heavy (non-hydrogen) atoms. The highest BCUT2D eigenvalue weighted by molar-refractivity contribution is 5.85. The molecule has 1 fully saturated rings. The number of nitrogens with one attached hydrogen (secondary N) is 1. The smallest absolute Gasteiger partial charge is 0.244 e. The second-order valence-electron chi connectivity index (χ2n) is 6.02. The van der Waals surface area contributed by atoms with Crippen molar-refractivity contribution in [2.24, 2.45) is 0 Å². The summed E-state index contributed by atoms with van der Waals surface area (Å²) in [5.41, 5.74) is 1.09. The van der Waals surface area contributed by atoms with Crippen LogP contribution in [0.5, 0.6) is 0 Å². The standard InChI is InChI=1S/C17H28N4O.2ClH/c1-18-9-10-20(3)17(22)16(15-7-5-4-6-8-15)21-13-11-19(2)12-14-21;;/h4-8,16,18H,9-14H2,1-3H3;2*1H. The molecular weight excluding hydrogens is 347 g/mol. The molecule has 1 aliphatic rings. The molecule has 1 unspecified atom stereocenters. The van der Waals surface area contributed by atoms with E-state index in [9.17, 15) is 4.79 Å². The van der Waals surface area contributed by atoms with Crippen LogP contribution in [0.4, 0.5) is 0 Å². The number of carbonyl (C=O) groups is 1. The lowest BCUT2D eigenvalue weighted by Gasteiger charge is -2.38. The van der Waals surface area contributed by atoms with E-state index < -0.39 is 0 Å². The third kappa shape index (κ3) is 6.22. The molecule has 1 aliphatic heterocycles. The third-order valence-corrected chi connectivity index (χ3v) is 4.33. The van der Waals surface area contributed by atoms with Crippen molar-refractivity contribution in [2.75, 3.05) is 60.4 Å². The molecule has 1 heterocycles. The fraction of sp³-hybridized carbons (Fsp3) is 0.588. The molecule has 7 heteroatoms. The second-order valence-corrected chi connectivity index (χ2v) is 6.02. The zero-order valence-electron chi connectivity index (χ0n) is 14.8. The maximum absolute atomic E-state index is 13.0. The molecule has 1 saturated heterocycles. The number of hydrogen-bond donors (Lipinski definition) is 1. The molecule has 0 bridgehead atoms. The van der Waals surface area contributed by atoms with Gasteiger partial charge < -0.3 is 15.1 Å². The van der Waals surface area contributed by atoms with E-state index in [1.807, 2.05) is 37.2 Å². The number of piperazine rings is 1. The van der Waals surface area contributed by atoms with Gasteiger partial charge in [-0.1, -0.05) is 30.3 Å². The number of rotatable bonds is 6. The van der Waals surface area contributed by atoms with E-state index in [2.05, 4.69) is 34.3 Å². The highest BCUT2D eigenvalue weighted by Gasteiger charge is 2.31. The topological polar surface area (TPSA) is 38.8 Å². The van der Waals surface area contributed by atoms with E-state index in [-0.39, 0.29) is 36.8 Å². The Morgan fingerprint density at radius 1 is 1.17 bits per heavy atom. The number of benzene rings is 1. The van der Waals surface area contributed by atoms with Gasteiger partial charge in [0.2, 0.25) is 5.91 Å². The van der Waals surface area contributed by atoms with Crippen molar-refractivity contribution in [1.29, 1.82) is 0 Å². The Labute approximate surface area is 158 Å². The number of hydrogen-bond acceptors (Lipinski definition) is 4. The monoisotopic (exact) mass is 376 g/mol. The fourth-order valence-corrected chi connectivity index (χ4v) is 2.82. The van der Waals surface area contributed by atoms with E-state index in [0.717, 1.165) is 44.8 Å². The summed E-state index contributed by atoms with van der Waals surface area (Å²) in [6.45, 7) is 5.43. The number of nitrogens with zero attached hydrogens (tertiary/aromatic N) is 3. The van der Waals surface area contributed by atoms with Gasteiger partial charge in [0.05, 0.1) is 0 Å². The molecule has 5 nitrogen and oxygen atoms in total. The second kappa shape index (κ2) is 11.7. The van der Waals surface area contributed by atoms with Gasteiger partial charge >= 0.3 is 0 Å². The quantitative estimate of drug-likeness (QED) is 0.816. The lowest BCUT2D eigenvalue weighted by atomic mass is 10.0. The molecular formula is C17H30Cl2N4O. The predicted octanol–water partition coefficient (Wildman–Crippen LogP) is 1.50. The number of likely N-dealkylation sites (N-methyl/N-ethyl adjacent to an activating group) is 3. The SMILES string of the molecule is CNCCN(C)C(=O)C(c1ccccc1)N1CCN(C)CC1.Cl.Cl. The average Bonchev–Trinajstić information content (AvgIpc) is 2.55. The molecule has 1 N–H and O–H groups in total. The van der Waals surface area contributed by atoms with Crippen LogP contribution in [-0.2, 0) is 4.79 Å².